The fourth-order valence-corrected chi connectivity index (χ4v) is 3.39. The summed E-state index contributed by atoms with van der Waals surface area (Å²) in [4.78, 5) is 3.86. The van der Waals surface area contributed by atoms with Gasteiger partial charge in [-0.25, -0.2) is 0 Å². The van der Waals surface area contributed by atoms with Crippen molar-refractivity contribution in [2.24, 2.45) is 0 Å². The smallest absolute Gasteiger partial charge is 0.0594 e. The normalized spacial score (nSPS) is 18.1. The standard InChI is InChI=1S/C16H26N2OS/c1-3-17-14(2)15-5-4-6-16(13-15)20-12-9-18-7-10-19-11-8-18/h4-6,13-14,17H,3,7-12H2,1-2H3. The maximum atomic E-state index is 5.37. The molecule has 0 bridgehead atoms. The van der Waals surface area contributed by atoms with E-state index in [4.69, 9.17) is 4.74 Å². The average molecular weight is 294 g/mol. The molecule has 1 aromatic carbocycles. The lowest BCUT2D eigenvalue weighted by molar-refractivity contribution is 0.0410. The van der Waals surface area contributed by atoms with Crippen molar-refractivity contribution in [2.45, 2.75) is 24.8 Å². The minimum absolute atomic E-state index is 0.430. The lowest BCUT2D eigenvalue weighted by Crippen LogP contribution is -2.37. The van der Waals surface area contributed by atoms with E-state index in [0.29, 0.717) is 6.04 Å². The van der Waals surface area contributed by atoms with Crippen LogP contribution in [-0.2, 0) is 4.74 Å². The largest absolute Gasteiger partial charge is 0.379 e. The highest BCUT2D eigenvalue weighted by atomic mass is 32.2. The Hall–Kier alpha value is -0.550. The van der Waals surface area contributed by atoms with Gasteiger partial charge in [0.15, 0.2) is 0 Å². The van der Waals surface area contributed by atoms with E-state index in [9.17, 15) is 0 Å². The van der Waals surface area contributed by atoms with Gasteiger partial charge in [-0.15, -0.1) is 11.8 Å². The third-order valence-corrected chi connectivity index (χ3v) is 4.62. The van der Waals surface area contributed by atoms with Gasteiger partial charge in [0.2, 0.25) is 0 Å². The number of morpholine rings is 1. The molecular formula is C16H26N2OS. The van der Waals surface area contributed by atoms with Crippen LogP contribution in [0.1, 0.15) is 25.5 Å². The monoisotopic (exact) mass is 294 g/mol. The maximum Gasteiger partial charge on any atom is 0.0594 e. The van der Waals surface area contributed by atoms with E-state index in [2.05, 4.69) is 48.3 Å². The molecule has 0 aromatic heterocycles. The highest BCUT2D eigenvalue weighted by Crippen LogP contribution is 2.22. The first-order valence-electron chi connectivity index (χ1n) is 7.56. The van der Waals surface area contributed by atoms with Crippen molar-refractivity contribution in [3.05, 3.63) is 29.8 Å². The zero-order chi connectivity index (χ0) is 14.2. The van der Waals surface area contributed by atoms with Crippen LogP contribution in [0.15, 0.2) is 29.2 Å². The van der Waals surface area contributed by atoms with Crippen molar-refractivity contribution in [3.63, 3.8) is 0 Å². The van der Waals surface area contributed by atoms with E-state index in [1.807, 2.05) is 11.8 Å². The van der Waals surface area contributed by atoms with Crippen molar-refractivity contribution in [1.29, 1.82) is 0 Å². The van der Waals surface area contributed by atoms with Gasteiger partial charge < -0.3 is 10.1 Å². The van der Waals surface area contributed by atoms with Crippen molar-refractivity contribution in [3.8, 4) is 0 Å². The second kappa shape index (κ2) is 8.67. The van der Waals surface area contributed by atoms with Crippen LogP contribution in [0, 0.1) is 0 Å². The number of ether oxygens (including phenoxy) is 1. The lowest BCUT2D eigenvalue weighted by Gasteiger charge is -2.26. The summed E-state index contributed by atoms with van der Waals surface area (Å²) in [5.74, 6) is 1.15. The van der Waals surface area contributed by atoms with Crippen LogP contribution in [0.2, 0.25) is 0 Å². The first kappa shape index (κ1) is 15.8. The summed E-state index contributed by atoms with van der Waals surface area (Å²) < 4.78 is 5.37. The molecule has 0 aliphatic carbocycles. The number of rotatable bonds is 7. The molecule has 1 aromatic rings. The number of nitrogens with zero attached hydrogens (tertiary/aromatic N) is 1. The molecule has 1 aliphatic rings. The third kappa shape index (κ3) is 5.09. The number of nitrogens with one attached hydrogen (secondary N) is 1. The highest BCUT2D eigenvalue weighted by Gasteiger charge is 2.10. The Bertz CT molecular complexity index is 394. The van der Waals surface area contributed by atoms with Crippen LogP contribution in [0.25, 0.3) is 0 Å². The molecule has 1 unspecified atom stereocenters. The summed E-state index contributed by atoms with van der Waals surface area (Å²) in [7, 11) is 0. The Morgan fingerprint density at radius 2 is 2.15 bits per heavy atom. The van der Waals surface area contributed by atoms with Gasteiger partial charge in [-0.1, -0.05) is 19.1 Å². The molecule has 0 spiro atoms. The topological polar surface area (TPSA) is 24.5 Å². The summed E-state index contributed by atoms with van der Waals surface area (Å²) >= 11 is 1.95. The van der Waals surface area contributed by atoms with Crippen molar-refractivity contribution in [1.82, 2.24) is 10.2 Å². The summed E-state index contributed by atoms with van der Waals surface area (Å²) in [6.45, 7) is 10.5. The molecular weight excluding hydrogens is 268 g/mol. The molecule has 1 aliphatic heterocycles. The lowest BCUT2D eigenvalue weighted by atomic mass is 10.1. The van der Waals surface area contributed by atoms with Gasteiger partial charge >= 0.3 is 0 Å². The van der Waals surface area contributed by atoms with Crippen molar-refractivity contribution < 1.29 is 4.74 Å². The number of hydrogen-bond donors (Lipinski definition) is 1. The maximum absolute atomic E-state index is 5.37. The van der Waals surface area contributed by atoms with Gasteiger partial charge in [0.1, 0.15) is 0 Å². The van der Waals surface area contributed by atoms with Gasteiger partial charge in [-0.05, 0) is 31.2 Å². The zero-order valence-corrected chi connectivity index (χ0v) is 13.4. The van der Waals surface area contributed by atoms with E-state index >= 15 is 0 Å². The number of hydrogen-bond acceptors (Lipinski definition) is 4. The molecule has 1 heterocycles. The van der Waals surface area contributed by atoms with E-state index < -0.39 is 0 Å². The van der Waals surface area contributed by atoms with Crippen LogP contribution in [-0.4, -0.2) is 50.0 Å². The molecule has 0 amide bonds. The first-order valence-corrected chi connectivity index (χ1v) is 8.54. The molecule has 112 valence electrons. The summed E-state index contributed by atoms with van der Waals surface area (Å²) in [5, 5.41) is 3.47. The molecule has 1 saturated heterocycles. The quantitative estimate of drug-likeness (QED) is 0.782. The van der Waals surface area contributed by atoms with E-state index in [-0.39, 0.29) is 0 Å². The number of benzene rings is 1. The zero-order valence-electron chi connectivity index (χ0n) is 12.6. The Labute approximate surface area is 127 Å². The van der Waals surface area contributed by atoms with Crippen LogP contribution in [0.4, 0.5) is 0 Å². The average Bonchev–Trinajstić information content (AvgIpc) is 2.49. The van der Waals surface area contributed by atoms with Crippen molar-refractivity contribution in [2.75, 3.05) is 45.1 Å². The van der Waals surface area contributed by atoms with Crippen LogP contribution in [0.5, 0.6) is 0 Å². The minimum Gasteiger partial charge on any atom is -0.379 e. The summed E-state index contributed by atoms with van der Waals surface area (Å²) in [6.07, 6.45) is 0. The number of thioether (sulfide) groups is 1. The first-order chi connectivity index (χ1) is 9.79. The Kier molecular flexibility index (Phi) is 6.87. The fourth-order valence-electron chi connectivity index (χ4n) is 2.42. The van der Waals surface area contributed by atoms with Crippen molar-refractivity contribution >= 4 is 11.8 Å². The van der Waals surface area contributed by atoms with Gasteiger partial charge in [0, 0.05) is 36.3 Å². The Morgan fingerprint density at radius 1 is 1.35 bits per heavy atom. The Morgan fingerprint density at radius 3 is 2.90 bits per heavy atom. The van der Waals surface area contributed by atoms with Gasteiger partial charge in [-0.3, -0.25) is 4.90 Å². The van der Waals surface area contributed by atoms with Crippen LogP contribution < -0.4 is 5.32 Å². The minimum atomic E-state index is 0.430. The second-order valence-electron chi connectivity index (χ2n) is 5.15. The molecule has 20 heavy (non-hydrogen) atoms. The molecule has 1 N–H and O–H groups in total. The Balaban J connectivity index is 1.78. The third-order valence-electron chi connectivity index (χ3n) is 3.65. The van der Waals surface area contributed by atoms with Gasteiger partial charge in [0.05, 0.1) is 13.2 Å². The van der Waals surface area contributed by atoms with E-state index in [1.165, 1.54) is 10.5 Å². The summed E-state index contributed by atoms with van der Waals surface area (Å²) in [5.41, 5.74) is 1.38. The molecule has 2 rings (SSSR count). The molecule has 0 saturated carbocycles. The SMILES string of the molecule is CCNC(C)c1cccc(SCCN2CCOCC2)c1. The van der Waals surface area contributed by atoms with Gasteiger partial charge in [-0.2, -0.15) is 0 Å². The molecule has 4 heteroatoms. The molecule has 0 radical (unpaired) electrons. The van der Waals surface area contributed by atoms with Crippen LogP contribution in [0.3, 0.4) is 0 Å². The molecule has 1 fully saturated rings. The van der Waals surface area contributed by atoms with Crippen LogP contribution >= 0.6 is 11.8 Å². The van der Waals surface area contributed by atoms with E-state index in [0.717, 1.165) is 45.1 Å². The second-order valence-corrected chi connectivity index (χ2v) is 6.32. The highest BCUT2D eigenvalue weighted by molar-refractivity contribution is 7.99. The predicted molar refractivity (Wildman–Crippen MR) is 86.5 cm³/mol. The fraction of sp³-hybridized carbons (Fsp3) is 0.625. The van der Waals surface area contributed by atoms with E-state index in [1.54, 1.807) is 0 Å². The molecule has 3 nitrogen and oxygen atoms in total. The van der Waals surface area contributed by atoms with Gasteiger partial charge in [0.25, 0.3) is 0 Å². The molecule has 1 atom stereocenters. The summed E-state index contributed by atoms with van der Waals surface area (Å²) in [6, 6.07) is 9.34. The predicted octanol–water partition coefficient (Wildman–Crippen LogP) is 2.78.